The first-order valence-electron chi connectivity index (χ1n) is 10.0. The number of piperidine rings is 2. The summed E-state index contributed by atoms with van der Waals surface area (Å²) in [5.41, 5.74) is 8.20. The van der Waals surface area contributed by atoms with Crippen LogP contribution in [0.3, 0.4) is 0 Å². The van der Waals surface area contributed by atoms with Crippen molar-refractivity contribution in [3.05, 3.63) is 29.8 Å². The van der Waals surface area contributed by atoms with Crippen molar-refractivity contribution in [3.63, 3.8) is 0 Å². The van der Waals surface area contributed by atoms with Gasteiger partial charge in [0, 0.05) is 38.3 Å². The summed E-state index contributed by atoms with van der Waals surface area (Å²) in [6.45, 7) is 6.37. The van der Waals surface area contributed by atoms with E-state index in [4.69, 9.17) is 10.5 Å². The molecule has 5 heteroatoms. The summed E-state index contributed by atoms with van der Waals surface area (Å²) in [7, 11) is 1.48. The number of esters is 1. The maximum atomic E-state index is 11.4. The van der Waals surface area contributed by atoms with Gasteiger partial charge in [0.15, 0.2) is 0 Å². The Bertz CT molecular complexity index is 559. The number of carbonyl (C=O) groups is 1. The van der Waals surface area contributed by atoms with Crippen LogP contribution in [-0.2, 0) is 16.1 Å². The molecule has 0 radical (unpaired) electrons. The highest BCUT2D eigenvalue weighted by molar-refractivity contribution is 5.69. The molecule has 2 aliphatic heterocycles. The minimum Gasteiger partial charge on any atom is -0.469 e. The van der Waals surface area contributed by atoms with Crippen LogP contribution in [-0.4, -0.2) is 50.7 Å². The molecule has 0 aromatic heterocycles. The van der Waals surface area contributed by atoms with Crippen molar-refractivity contribution < 1.29 is 9.53 Å². The molecule has 3 rings (SSSR count). The van der Waals surface area contributed by atoms with Crippen LogP contribution in [0, 0.1) is 11.8 Å². The SMILES string of the molecule is COC(=O)CC1CCN(CC2CCN(c3ccc(CN)cc3)CC2)CC1. The van der Waals surface area contributed by atoms with Crippen molar-refractivity contribution in [2.45, 2.75) is 38.6 Å². The number of ether oxygens (including phenoxy) is 1. The lowest BCUT2D eigenvalue weighted by molar-refractivity contribution is -0.142. The summed E-state index contributed by atoms with van der Waals surface area (Å²) >= 11 is 0. The molecular formula is C21H33N3O2. The van der Waals surface area contributed by atoms with Gasteiger partial charge in [-0.1, -0.05) is 12.1 Å². The second kappa shape index (κ2) is 9.38. The lowest BCUT2D eigenvalue weighted by Crippen LogP contribution is -2.41. The summed E-state index contributed by atoms with van der Waals surface area (Å²) in [6.07, 6.45) is 5.37. The third kappa shape index (κ3) is 5.21. The smallest absolute Gasteiger partial charge is 0.305 e. The average molecular weight is 360 g/mol. The Morgan fingerprint density at radius 3 is 2.23 bits per heavy atom. The van der Waals surface area contributed by atoms with Crippen LogP contribution < -0.4 is 10.6 Å². The van der Waals surface area contributed by atoms with E-state index in [2.05, 4.69) is 34.1 Å². The molecule has 0 spiro atoms. The van der Waals surface area contributed by atoms with Crippen LogP contribution in [0.4, 0.5) is 5.69 Å². The number of rotatable bonds is 6. The molecule has 0 atom stereocenters. The zero-order valence-electron chi connectivity index (χ0n) is 16.0. The van der Waals surface area contributed by atoms with E-state index in [1.807, 2.05) is 0 Å². The minimum atomic E-state index is -0.0599. The van der Waals surface area contributed by atoms with Gasteiger partial charge in [-0.25, -0.2) is 0 Å². The normalized spacial score (nSPS) is 20.3. The van der Waals surface area contributed by atoms with Gasteiger partial charge in [-0.15, -0.1) is 0 Å². The number of carbonyl (C=O) groups excluding carboxylic acids is 1. The van der Waals surface area contributed by atoms with Crippen molar-refractivity contribution in [1.29, 1.82) is 0 Å². The molecular weight excluding hydrogens is 326 g/mol. The van der Waals surface area contributed by atoms with Gasteiger partial charge in [-0.05, 0) is 68.3 Å². The summed E-state index contributed by atoms with van der Waals surface area (Å²) in [5, 5.41) is 0. The standard InChI is InChI=1S/C21H33N3O2/c1-26-21(25)14-17-6-10-23(11-7-17)16-19-8-12-24(13-9-19)20-4-2-18(15-22)3-5-20/h2-5,17,19H,6-16,22H2,1H3. The molecule has 2 fully saturated rings. The van der Waals surface area contributed by atoms with E-state index in [-0.39, 0.29) is 5.97 Å². The minimum absolute atomic E-state index is 0.0599. The van der Waals surface area contributed by atoms with Crippen molar-refractivity contribution >= 4 is 11.7 Å². The monoisotopic (exact) mass is 359 g/mol. The fourth-order valence-corrected chi connectivity index (χ4v) is 4.27. The number of nitrogens with zero attached hydrogens (tertiary/aromatic N) is 2. The fourth-order valence-electron chi connectivity index (χ4n) is 4.27. The van der Waals surface area contributed by atoms with Crippen LogP contribution in [0.1, 0.15) is 37.7 Å². The molecule has 0 saturated carbocycles. The molecule has 26 heavy (non-hydrogen) atoms. The zero-order valence-corrected chi connectivity index (χ0v) is 16.0. The van der Waals surface area contributed by atoms with E-state index in [1.165, 1.54) is 37.7 Å². The molecule has 0 amide bonds. The van der Waals surface area contributed by atoms with Crippen LogP contribution in [0.5, 0.6) is 0 Å². The lowest BCUT2D eigenvalue weighted by Gasteiger charge is -2.38. The van der Waals surface area contributed by atoms with E-state index >= 15 is 0 Å². The van der Waals surface area contributed by atoms with Crippen LogP contribution in [0.25, 0.3) is 0 Å². The maximum Gasteiger partial charge on any atom is 0.305 e. The molecule has 2 heterocycles. The van der Waals surface area contributed by atoms with Gasteiger partial charge in [-0.3, -0.25) is 4.79 Å². The van der Waals surface area contributed by atoms with Gasteiger partial charge >= 0.3 is 5.97 Å². The number of anilines is 1. The second-order valence-corrected chi connectivity index (χ2v) is 7.83. The second-order valence-electron chi connectivity index (χ2n) is 7.83. The van der Waals surface area contributed by atoms with Gasteiger partial charge in [0.2, 0.25) is 0 Å². The van der Waals surface area contributed by atoms with Crippen LogP contribution in [0.2, 0.25) is 0 Å². The Hall–Kier alpha value is -1.59. The predicted octanol–water partition coefficient (Wildman–Crippen LogP) is 2.64. The molecule has 5 nitrogen and oxygen atoms in total. The van der Waals surface area contributed by atoms with Crippen LogP contribution >= 0.6 is 0 Å². The predicted molar refractivity (Wildman–Crippen MR) is 105 cm³/mol. The van der Waals surface area contributed by atoms with E-state index in [0.29, 0.717) is 18.9 Å². The molecule has 1 aromatic rings. The van der Waals surface area contributed by atoms with Crippen molar-refractivity contribution in [1.82, 2.24) is 4.90 Å². The summed E-state index contributed by atoms with van der Waals surface area (Å²) < 4.78 is 4.80. The average Bonchev–Trinajstić information content (AvgIpc) is 2.70. The largest absolute Gasteiger partial charge is 0.469 e. The quantitative estimate of drug-likeness (QED) is 0.791. The molecule has 2 aliphatic rings. The topological polar surface area (TPSA) is 58.8 Å². The Labute approximate surface area is 157 Å². The summed E-state index contributed by atoms with van der Waals surface area (Å²) in [4.78, 5) is 16.5. The third-order valence-corrected chi connectivity index (χ3v) is 6.06. The van der Waals surface area contributed by atoms with Crippen molar-refractivity contribution in [3.8, 4) is 0 Å². The van der Waals surface area contributed by atoms with E-state index < -0.39 is 0 Å². The van der Waals surface area contributed by atoms with Gasteiger partial charge < -0.3 is 20.3 Å². The van der Waals surface area contributed by atoms with Gasteiger partial charge in [0.25, 0.3) is 0 Å². The number of nitrogens with two attached hydrogens (primary N) is 1. The van der Waals surface area contributed by atoms with Crippen molar-refractivity contribution in [2.75, 3.05) is 44.7 Å². The maximum absolute atomic E-state index is 11.4. The highest BCUT2D eigenvalue weighted by Gasteiger charge is 2.25. The van der Waals surface area contributed by atoms with Gasteiger partial charge in [-0.2, -0.15) is 0 Å². The molecule has 2 N–H and O–H groups in total. The number of hydrogen-bond acceptors (Lipinski definition) is 5. The molecule has 0 bridgehead atoms. The molecule has 2 saturated heterocycles. The summed E-state index contributed by atoms with van der Waals surface area (Å²) in [5.74, 6) is 1.25. The lowest BCUT2D eigenvalue weighted by atomic mass is 9.91. The Morgan fingerprint density at radius 2 is 1.65 bits per heavy atom. The number of hydrogen-bond donors (Lipinski definition) is 1. The van der Waals surface area contributed by atoms with E-state index in [1.54, 1.807) is 0 Å². The Morgan fingerprint density at radius 1 is 1.04 bits per heavy atom. The summed E-state index contributed by atoms with van der Waals surface area (Å²) in [6, 6.07) is 8.68. The molecule has 0 unspecified atom stereocenters. The van der Waals surface area contributed by atoms with Gasteiger partial charge in [0.05, 0.1) is 7.11 Å². The Balaban J connectivity index is 1.38. The number of methoxy groups -OCH3 is 1. The van der Waals surface area contributed by atoms with Crippen molar-refractivity contribution in [2.24, 2.45) is 17.6 Å². The Kier molecular flexibility index (Phi) is 6.92. The van der Waals surface area contributed by atoms with Crippen LogP contribution in [0.15, 0.2) is 24.3 Å². The molecule has 144 valence electrons. The van der Waals surface area contributed by atoms with E-state index in [0.717, 1.165) is 44.9 Å². The first-order chi connectivity index (χ1) is 12.7. The molecule has 0 aliphatic carbocycles. The first kappa shape index (κ1) is 19.2. The highest BCUT2D eigenvalue weighted by Crippen LogP contribution is 2.26. The van der Waals surface area contributed by atoms with E-state index in [9.17, 15) is 4.79 Å². The van der Waals surface area contributed by atoms with Gasteiger partial charge in [0.1, 0.15) is 0 Å². The number of likely N-dealkylation sites (tertiary alicyclic amines) is 1. The zero-order chi connectivity index (χ0) is 18.4. The fraction of sp³-hybridized carbons (Fsp3) is 0.667. The molecule has 1 aromatic carbocycles. The number of benzene rings is 1. The third-order valence-electron chi connectivity index (χ3n) is 6.06. The first-order valence-corrected chi connectivity index (χ1v) is 10.0. The highest BCUT2D eigenvalue weighted by atomic mass is 16.5.